The molecule has 0 saturated heterocycles. The van der Waals surface area contributed by atoms with Gasteiger partial charge in [-0.05, 0) is 43.2 Å². The third-order valence-electron chi connectivity index (χ3n) is 3.93. The second kappa shape index (κ2) is 9.19. The van der Waals surface area contributed by atoms with Gasteiger partial charge in [0.15, 0.2) is 5.96 Å². The lowest BCUT2D eigenvalue weighted by molar-refractivity contribution is 0.392. The van der Waals surface area contributed by atoms with Crippen LogP contribution in [0.1, 0.15) is 29.5 Å². The summed E-state index contributed by atoms with van der Waals surface area (Å²) in [6, 6.07) is 8.44. The van der Waals surface area contributed by atoms with Crippen molar-refractivity contribution in [2.45, 2.75) is 33.9 Å². The zero-order valence-electron chi connectivity index (χ0n) is 14.6. The Kier molecular flexibility index (Phi) is 7.24. The van der Waals surface area contributed by atoms with Gasteiger partial charge in [0.05, 0.1) is 12.2 Å². The molecule has 3 rings (SSSR count). The molecule has 0 bridgehead atoms. The van der Waals surface area contributed by atoms with E-state index in [1.54, 1.807) is 11.3 Å². The third kappa shape index (κ3) is 4.72. The number of benzene rings is 1. The highest BCUT2D eigenvalue weighted by Gasteiger charge is 2.09. The first-order valence-corrected chi connectivity index (χ1v) is 8.96. The molecule has 1 aromatic carbocycles. The van der Waals surface area contributed by atoms with Gasteiger partial charge in [0.2, 0.25) is 0 Å². The van der Waals surface area contributed by atoms with Crippen LogP contribution in [0.25, 0.3) is 10.1 Å². The first kappa shape index (κ1) is 19.7. The minimum atomic E-state index is 0. The summed E-state index contributed by atoms with van der Waals surface area (Å²) in [5.74, 6) is 1.65. The van der Waals surface area contributed by atoms with E-state index < -0.39 is 0 Å². The Bertz CT molecular complexity index is 836. The molecular weight excluding hydrogens is 447 g/mol. The summed E-state index contributed by atoms with van der Waals surface area (Å²) in [6.45, 7) is 8.07. The largest absolute Gasteiger partial charge is 0.361 e. The van der Waals surface area contributed by atoms with Crippen LogP contribution < -0.4 is 10.6 Å². The lowest BCUT2D eigenvalue weighted by atomic mass is 10.2. The second-order valence-corrected chi connectivity index (χ2v) is 6.52. The first-order valence-electron chi connectivity index (χ1n) is 8.08. The van der Waals surface area contributed by atoms with Gasteiger partial charge in [-0.15, -0.1) is 35.3 Å². The molecule has 0 atom stereocenters. The van der Waals surface area contributed by atoms with Gasteiger partial charge in [-0.1, -0.05) is 23.4 Å². The maximum absolute atomic E-state index is 5.21. The molecule has 0 amide bonds. The summed E-state index contributed by atoms with van der Waals surface area (Å²) in [4.78, 5) is 4.71. The van der Waals surface area contributed by atoms with Gasteiger partial charge in [-0.2, -0.15) is 0 Å². The minimum absolute atomic E-state index is 0. The van der Waals surface area contributed by atoms with Gasteiger partial charge < -0.3 is 15.2 Å². The molecule has 25 heavy (non-hydrogen) atoms. The van der Waals surface area contributed by atoms with Crippen molar-refractivity contribution in [2.75, 3.05) is 6.54 Å². The number of hydrogen-bond acceptors (Lipinski definition) is 4. The Morgan fingerprint density at radius 2 is 2.04 bits per heavy atom. The number of halogens is 1. The van der Waals surface area contributed by atoms with Crippen LogP contribution in [-0.2, 0) is 13.1 Å². The second-order valence-electron chi connectivity index (χ2n) is 5.61. The highest BCUT2D eigenvalue weighted by atomic mass is 127. The van der Waals surface area contributed by atoms with Crippen molar-refractivity contribution in [3.05, 3.63) is 52.2 Å². The maximum atomic E-state index is 5.21. The van der Waals surface area contributed by atoms with Gasteiger partial charge in [-0.3, -0.25) is 0 Å². The van der Waals surface area contributed by atoms with Crippen molar-refractivity contribution in [2.24, 2.45) is 4.99 Å². The van der Waals surface area contributed by atoms with Crippen LogP contribution in [0.2, 0.25) is 0 Å². The van der Waals surface area contributed by atoms with Crippen molar-refractivity contribution < 1.29 is 4.52 Å². The molecule has 0 saturated carbocycles. The number of aryl methyl sites for hydroxylation is 2. The molecule has 5 nitrogen and oxygen atoms in total. The highest BCUT2D eigenvalue weighted by molar-refractivity contribution is 14.0. The molecule has 0 radical (unpaired) electrons. The van der Waals surface area contributed by atoms with E-state index in [4.69, 9.17) is 9.52 Å². The monoisotopic (exact) mass is 470 g/mol. The first-order chi connectivity index (χ1) is 11.7. The number of aromatic nitrogens is 1. The lowest BCUT2D eigenvalue weighted by Gasteiger charge is -2.11. The van der Waals surface area contributed by atoms with Gasteiger partial charge in [0.25, 0.3) is 0 Å². The lowest BCUT2D eigenvalue weighted by Crippen LogP contribution is -2.37. The summed E-state index contributed by atoms with van der Waals surface area (Å²) < 4.78 is 6.51. The smallest absolute Gasteiger partial charge is 0.191 e. The van der Waals surface area contributed by atoms with E-state index in [1.165, 1.54) is 15.6 Å². The summed E-state index contributed by atoms with van der Waals surface area (Å²) in [5, 5.41) is 14.1. The predicted molar refractivity (Wildman–Crippen MR) is 115 cm³/mol. The zero-order chi connectivity index (χ0) is 16.9. The van der Waals surface area contributed by atoms with Crippen LogP contribution in [0.3, 0.4) is 0 Å². The Hall–Kier alpha value is -1.61. The Balaban J connectivity index is 0.00000225. The van der Waals surface area contributed by atoms with Crippen LogP contribution in [0.5, 0.6) is 0 Å². The molecule has 2 aromatic heterocycles. The zero-order valence-corrected chi connectivity index (χ0v) is 17.8. The number of aliphatic imine (C=N–C) groups is 1. The minimum Gasteiger partial charge on any atom is -0.361 e. The Labute approximate surface area is 168 Å². The maximum Gasteiger partial charge on any atom is 0.191 e. The van der Waals surface area contributed by atoms with Crippen LogP contribution in [0, 0.1) is 13.8 Å². The molecule has 2 heterocycles. The van der Waals surface area contributed by atoms with E-state index in [2.05, 4.69) is 52.4 Å². The number of hydrogen-bond donors (Lipinski definition) is 2. The van der Waals surface area contributed by atoms with Gasteiger partial charge in [-0.25, -0.2) is 4.99 Å². The molecule has 134 valence electrons. The summed E-state index contributed by atoms with van der Waals surface area (Å²) in [5.41, 5.74) is 3.26. The van der Waals surface area contributed by atoms with Crippen molar-refractivity contribution in [3.63, 3.8) is 0 Å². The number of thiophene rings is 1. The molecule has 7 heteroatoms. The molecule has 0 aliphatic rings. The summed E-state index contributed by atoms with van der Waals surface area (Å²) >= 11 is 1.76. The number of nitrogens with zero attached hydrogens (tertiary/aromatic N) is 2. The Morgan fingerprint density at radius 1 is 1.24 bits per heavy atom. The van der Waals surface area contributed by atoms with E-state index >= 15 is 0 Å². The molecule has 3 aromatic rings. The van der Waals surface area contributed by atoms with Crippen LogP contribution in [-0.4, -0.2) is 17.7 Å². The third-order valence-corrected chi connectivity index (χ3v) is 4.94. The van der Waals surface area contributed by atoms with Crippen molar-refractivity contribution in [3.8, 4) is 0 Å². The van der Waals surface area contributed by atoms with E-state index in [0.717, 1.165) is 29.5 Å². The number of fused-ring (bicyclic) bond motifs is 1. The van der Waals surface area contributed by atoms with Gasteiger partial charge in [0, 0.05) is 23.4 Å². The quantitative estimate of drug-likeness (QED) is 0.330. The van der Waals surface area contributed by atoms with E-state index in [9.17, 15) is 0 Å². The Morgan fingerprint density at radius 3 is 2.76 bits per heavy atom. The molecular formula is C18H23IN4OS. The number of rotatable bonds is 5. The topological polar surface area (TPSA) is 62.5 Å². The fraction of sp³-hybridized carbons (Fsp3) is 0.333. The molecule has 2 N–H and O–H groups in total. The van der Waals surface area contributed by atoms with E-state index in [1.807, 2.05) is 13.8 Å². The number of guanidine groups is 1. The summed E-state index contributed by atoms with van der Waals surface area (Å²) in [6.07, 6.45) is 0. The fourth-order valence-electron chi connectivity index (χ4n) is 2.59. The standard InChI is InChI=1S/C18H22N4OS.HI/c1-4-19-18(21-10-16-12(2)22-23-13(16)3)20-9-14-11-24-17-8-6-5-7-15(14)17;/h5-8,11H,4,9-10H2,1-3H3,(H2,19,20,21);1H. The molecule has 0 unspecified atom stereocenters. The van der Waals surface area contributed by atoms with Crippen molar-refractivity contribution >= 4 is 51.4 Å². The van der Waals surface area contributed by atoms with Crippen LogP contribution >= 0.6 is 35.3 Å². The average Bonchev–Trinajstić information content (AvgIpc) is 3.14. The van der Waals surface area contributed by atoms with Crippen molar-refractivity contribution in [1.82, 2.24) is 15.8 Å². The van der Waals surface area contributed by atoms with Crippen LogP contribution in [0.4, 0.5) is 0 Å². The van der Waals surface area contributed by atoms with E-state index in [0.29, 0.717) is 13.1 Å². The molecule has 0 aliphatic carbocycles. The molecule has 0 aliphatic heterocycles. The normalized spacial score (nSPS) is 11.4. The van der Waals surface area contributed by atoms with Crippen LogP contribution in [0.15, 0.2) is 39.2 Å². The molecule has 0 fully saturated rings. The predicted octanol–water partition coefficient (Wildman–Crippen LogP) is 4.38. The van der Waals surface area contributed by atoms with E-state index in [-0.39, 0.29) is 24.0 Å². The van der Waals surface area contributed by atoms with Gasteiger partial charge >= 0.3 is 0 Å². The highest BCUT2D eigenvalue weighted by Crippen LogP contribution is 2.26. The fourth-order valence-corrected chi connectivity index (χ4v) is 3.54. The van der Waals surface area contributed by atoms with Crippen molar-refractivity contribution in [1.29, 1.82) is 0 Å². The number of nitrogens with one attached hydrogen (secondary N) is 2. The SMILES string of the molecule is CCNC(=NCc1csc2ccccc12)NCc1c(C)noc1C.I. The molecule has 0 spiro atoms. The summed E-state index contributed by atoms with van der Waals surface area (Å²) in [7, 11) is 0. The average molecular weight is 470 g/mol. The van der Waals surface area contributed by atoms with Gasteiger partial charge in [0.1, 0.15) is 5.76 Å².